The van der Waals surface area contributed by atoms with Crippen molar-refractivity contribution in [2.24, 2.45) is 5.92 Å². The number of allylic oxidation sites excluding steroid dienone is 5. The summed E-state index contributed by atoms with van der Waals surface area (Å²) in [6.45, 7) is 17.1. The maximum Gasteiger partial charge on any atom is 0.0335 e. The minimum absolute atomic E-state index is 0.475. The van der Waals surface area contributed by atoms with Crippen molar-refractivity contribution in [2.45, 2.75) is 58.6 Å². The lowest BCUT2D eigenvalue weighted by atomic mass is 10.1. The fourth-order valence-electron chi connectivity index (χ4n) is 1.62. The fourth-order valence-corrected chi connectivity index (χ4v) is 2.77. The van der Waals surface area contributed by atoms with Crippen LogP contribution in [0.25, 0.3) is 0 Å². The molecule has 1 unspecified atom stereocenters. The Kier molecular flexibility index (Phi) is 10.8. The molecule has 0 nitrogen and oxygen atoms in total. The lowest BCUT2D eigenvalue weighted by Crippen LogP contribution is -2.06. The van der Waals surface area contributed by atoms with Gasteiger partial charge in [0.25, 0.3) is 0 Å². The zero-order valence-corrected chi connectivity index (χ0v) is 13.9. The first-order chi connectivity index (χ1) is 9.02. The first kappa shape index (κ1) is 18.3. The van der Waals surface area contributed by atoms with Crippen LogP contribution in [0, 0.1) is 5.92 Å². The van der Waals surface area contributed by atoms with Gasteiger partial charge in [0.05, 0.1) is 0 Å². The second kappa shape index (κ2) is 11.2. The van der Waals surface area contributed by atoms with E-state index < -0.39 is 0 Å². The van der Waals surface area contributed by atoms with Crippen molar-refractivity contribution < 1.29 is 0 Å². The number of hydrogen-bond donors (Lipinski definition) is 0. The third kappa shape index (κ3) is 8.93. The van der Waals surface area contributed by atoms with E-state index in [1.807, 2.05) is 24.8 Å². The van der Waals surface area contributed by atoms with Crippen LogP contribution >= 0.6 is 11.8 Å². The summed E-state index contributed by atoms with van der Waals surface area (Å²) < 4.78 is 0. The third-order valence-electron chi connectivity index (χ3n) is 3.03. The number of thioether (sulfide) groups is 1. The number of hydrogen-bond acceptors (Lipinski definition) is 1. The lowest BCUT2D eigenvalue weighted by molar-refractivity contribution is 0.675. The topological polar surface area (TPSA) is 0 Å². The Labute approximate surface area is 124 Å². The maximum atomic E-state index is 4.24. The summed E-state index contributed by atoms with van der Waals surface area (Å²) in [4.78, 5) is 1.27. The monoisotopic (exact) mass is 278 g/mol. The summed E-state index contributed by atoms with van der Waals surface area (Å²) >= 11 is 1.90. The third-order valence-corrected chi connectivity index (χ3v) is 4.63. The Morgan fingerprint density at radius 3 is 2.37 bits per heavy atom. The molecule has 108 valence electrons. The molecule has 0 aromatic carbocycles. The summed E-state index contributed by atoms with van der Waals surface area (Å²) in [5.41, 5.74) is 1.21. The average Bonchev–Trinajstić information content (AvgIpc) is 2.37. The first-order valence-electron chi connectivity index (χ1n) is 7.36. The summed E-state index contributed by atoms with van der Waals surface area (Å²) in [6.07, 6.45) is 13.3. The van der Waals surface area contributed by atoms with Gasteiger partial charge in [-0.1, -0.05) is 77.5 Å². The molecule has 0 N–H and O–H groups in total. The van der Waals surface area contributed by atoms with E-state index in [4.69, 9.17) is 0 Å². The van der Waals surface area contributed by atoms with Gasteiger partial charge in [-0.15, -0.1) is 11.8 Å². The molecule has 0 aliphatic heterocycles. The molecular formula is C18H30S. The van der Waals surface area contributed by atoms with E-state index >= 15 is 0 Å². The van der Waals surface area contributed by atoms with Crippen LogP contribution in [0.15, 0.2) is 47.9 Å². The van der Waals surface area contributed by atoms with E-state index in [1.54, 1.807) is 0 Å². The molecule has 0 bridgehead atoms. The van der Waals surface area contributed by atoms with E-state index in [0.717, 1.165) is 0 Å². The molecule has 0 saturated carbocycles. The molecule has 19 heavy (non-hydrogen) atoms. The lowest BCUT2D eigenvalue weighted by Gasteiger charge is -2.20. The smallest absolute Gasteiger partial charge is 0.0335 e. The molecule has 0 aliphatic rings. The van der Waals surface area contributed by atoms with Crippen LogP contribution in [-0.4, -0.2) is 5.25 Å². The van der Waals surface area contributed by atoms with Crippen LogP contribution in [0.2, 0.25) is 0 Å². The summed E-state index contributed by atoms with van der Waals surface area (Å²) in [5, 5.41) is 0.475. The standard InChI is InChI=1S/C18H30S/c1-7-9-11-13-16(5)18(14-12-10-8-2)19-17(6)15(3)4/h7,9,11,13,15,18H,5-6,8,10,12,14H2,1-4H3/b9-7-,13-11-. The summed E-state index contributed by atoms with van der Waals surface area (Å²) in [6, 6.07) is 0. The normalized spacial score (nSPS) is 13.5. The molecule has 0 saturated heterocycles. The molecule has 0 aromatic rings. The first-order valence-corrected chi connectivity index (χ1v) is 8.24. The molecule has 0 radical (unpaired) electrons. The molecule has 0 heterocycles. The van der Waals surface area contributed by atoms with Gasteiger partial charge in [0.2, 0.25) is 0 Å². The van der Waals surface area contributed by atoms with Crippen molar-refractivity contribution >= 4 is 11.8 Å². The van der Waals surface area contributed by atoms with E-state index in [0.29, 0.717) is 11.2 Å². The van der Waals surface area contributed by atoms with E-state index in [2.05, 4.69) is 52.2 Å². The van der Waals surface area contributed by atoms with Crippen molar-refractivity contribution in [3.8, 4) is 0 Å². The zero-order valence-electron chi connectivity index (χ0n) is 13.1. The van der Waals surface area contributed by atoms with Gasteiger partial charge in [0.1, 0.15) is 0 Å². The fraction of sp³-hybridized carbons (Fsp3) is 0.556. The summed E-state index contributed by atoms with van der Waals surface area (Å²) in [5.74, 6) is 0.533. The molecule has 0 rings (SSSR count). The second-order valence-electron chi connectivity index (χ2n) is 5.18. The number of rotatable bonds is 10. The van der Waals surface area contributed by atoms with Crippen molar-refractivity contribution in [1.29, 1.82) is 0 Å². The largest absolute Gasteiger partial charge is 0.123 e. The molecule has 0 amide bonds. The van der Waals surface area contributed by atoms with Crippen LogP contribution in [0.5, 0.6) is 0 Å². The molecule has 0 aromatic heterocycles. The van der Waals surface area contributed by atoms with Crippen LogP contribution in [-0.2, 0) is 0 Å². The van der Waals surface area contributed by atoms with Crippen LogP contribution in [0.4, 0.5) is 0 Å². The molecule has 1 heteroatoms. The van der Waals surface area contributed by atoms with Gasteiger partial charge in [0, 0.05) is 5.25 Å². The van der Waals surface area contributed by atoms with Crippen molar-refractivity contribution in [3.05, 3.63) is 47.9 Å². The van der Waals surface area contributed by atoms with Gasteiger partial charge in [0.15, 0.2) is 0 Å². The molecule has 0 spiro atoms. The second-order valence-corrected chi connectivity index (χ2v) is 6.51. The highest BCUT2D eigenvalue weighted by Crippen LogP contribution is 2.33. The van der Waals surface area contributed by atoms with Gasteiger partial charge < -0.3 is 0 Å². The Morgan fingerprint density at radius 2 is 1.84 bits per heavy atom. The van der Waals surface area contributed by atoms with E-state index in [9.17, 15) is 0 Å². The highest BCUT2D eigenvalue weighted by atomic mass is 32.2. The van der Waals surface area contributed by atoms with Gasteiger partial charge in [-0.05, 0) is 29.7 Å². The van der Waals surface area contributed by atoms with Crippen LogP contribution < -0.4 is 0 Å². The average molecular weight is 279 g/mol. The van der Waals surface area contributed by atoms with Crippen LogP contribution in [0.3, 0.4) is 0 Å². The predicted molar refractivity (Wildman–Crippen MR) is 92.6 cm³/mol. The Hall–Kier alpha value is -0.690. The van der Waals surface area contributed by atoms with Crippen molar-refractivity contribution in [2.75, 3.05) is 0 Å². The van der Waals surface area contributed by atoms with Crippen LogP contribution in [0.1, 0.15) is 53.4 Å². The van der Waals surface area contributed by atoms with Crippen molar-refractivity contribution in [1.82, 2.24) is 0 Å². The molecule has 1 atom stereocenters. The predicted octanol–water partition coefficient (Wildman–Crippen LogP) is 6.53. The maximum absolute atomic E-state index is 4.24. The highest BCUT2D eigenvalue weighted by Gasteiger charge is 2.14. The SMILES string of the molecule is C=C(SC(CCCCC)C(=C)/C=C\C=C/C)C(C)C. The number of unbranched alkanes of at least 4 members (excludes halogenated alkanes) is 2. The van der Waals surface area contributed by atoms with Gasteiger partial charge >= 0.3 is 0 Å². The molecule has 0 aliphatic carbocycles. The highest BCUT2D eigenvalue weighted by molar-refractivity contribution is 8.03. The molecule has 0 fully saturated rings. The van der Waals surface area contributed by atoms with E-state index in [1.165, 1.54) is 36.2 Å². The minimum Gasteiger partial charge on any atom is -0.123 e. The van der Waals surface area contributed by atoms with Crippen molar-refractivity contribution in [3.63, 3.8) is 0 Å². The Balaban J connectivity index is 4.55. The Morgan fingerprint density at radius 1 is 1.16 bits per heavy atom. The minimum atomic E-state index is 0.475. The molecular weight excluding hydrogens is 248 g/mol. The zero-order chi connectivity index (χ0) is 14.7. The quantitative estimate of drug-likeness (QED) is 0.323. The Bertz CT molecular complexity index is 321. The van der Waals surface area contributed by atoms with E-state index in [-0.39, 0.29) is 0 Å². The van der Waals surface area contributed by atoms with Gasteiger partial charge in [-0.3, -0.25) is 0 Å². The van der Waals surface area contributed by atoms with Gasteiger partial charge in [-0.2, -0.15) is 0 Å². The van der Waals surface area contributed by atoms with Gasteiger partial charge in [-0.25, -0.2) is 0 Å². The summed E-state index contributed by atoms with van der Waals surface area (Å²) in [7, 11) is 0.